The van der Waals surface area contributed by atoms with Crippen LogP contribution in [0.15, 0.2) is 60.7 Å². The van der Waals surface area contributed by atoms with E-state index in [4.69, 9.17) is 0 Å². The number of benzene rings is 2. The lowest BCUT2D eigenvalue weighted by molar-refractivity contribution is 0.493. The fourth-order valence-corrected chi connectivity index (χ4v) is 10.1. The molecule has 0 amide bonds. The Labute approximate surface area is 130 Å². The third kappa shape index (κ3) is 2.98. The van der Waals surface area contributed by atoms with Crippen LogP contribution < -0.4 is 10.4 Å². The van der Waals surface area contributed by atoms with Crippen molar-refractivity contribution in [3.63, 3.8) is 0 Å². The summed E-state index contributed by atoms with van der Waals surface area (Å²) in [4.78, 5) is 0. The predicted molar refractivity (Wildman–Crippen MR) is 95.1 cm³/mol. The monoisotopic (exact) mass is 294 g/mol. The van der Waals surface area contributed by atoms with Crippen LogP contribution in [0.2, 0.25) is 12.1 Å². The van der Waals surface area contributed by atoms with Gasteiger partial charge in [0.1, 0.15) is 8.07 Å². The van der Waals surface area contributed by atoms with Crippen LogP contribution in [-0.2, 0) is 0 Å². The highest BCUT2D eigenvalue weighted by atomic mass is 28.3. The molecule has 1 aliphatic heterocycles. The molecule has 110 valence electrons. The maximum atomic E-state index is 2.46. The van der Waals surface area contributed by atoms with Crippen LogP contribution in [0.3, 0.4) is 0 Å². The number of hydrogen-bond donors (Lipinski definition) is 0. The molecular weight excluding hydrogens is 268 g/mol. The van der Waals surface area contributed by atoms with Crippen molar-refractivity contribution in [1.29, 1.82) is 0 Å². The first kappa shape index (κ1) is 14.6. The van der Waals surface area contributed by atoms with Gasteiger partial charge in [-0.15, -0.1) is 0 Å². The summed E-state index contributed by atoms with van der Waals surface area (Å²) in [5, 5.41) is 3.27. The van der Waals surface area contributed by atoms with Crippen LogP contribution in [0.5, 0.6) is 0 Å². The van der Waals surface area contributed by atoms with E-state index in [-0.39, 0.29) is 0 Å². The molecule has 1 fully saturated rings. The summed E-state index contributed by atoms with van der Waals surface area (Å²) in [5.41, 5.74) is 0. The first-order chi connectivity index (χ1) is 10.2. The zero-order valence-electron chi connectivity index (χ0n) is 13.3. The summed E-state index contributed by atoms with van der Waals surface area (Å²) in [7, 11) is -1.61. The molecule has 0 N–H and O–H groups in total. The quantitative estimate of drug-likeness (QED) is 0.724. The molecule has 0 bridgehead atoms. The highest BCUT2D eigenvalue weighted by molar-refractivity contribution is 7.02. The number of rotatable bonds is 2. The Balaban J connectivity index is 2.14. The number of hydrogen-bond acceptors (Lipinski definition) is 0. The molecule has 0 radical (unpaired) electrons. The minimum absolute atomic E-state index is 0.849. The largest absolute Gasteiger partial charge is 0.118 e. The molecule has 0 nitrogen and oxygen atoms in total. The lowest BCUT2D eigenvalue weighted by Crippen LogP contribution is -2.59. The molecule has 0 spiro atoms. The van der Waals surface area contributed by atoms with E-state index in [0.29, 0.717) is 0 Å². The van der Waals surface area contributed by atoms with Gasteiger partial charge >= 0.3 is 0 Å². The van der Waals surface area contributed by atoms with Crippen LogP contribution in [0.25, 0.3) is 0 Å². The van der Waals surface area contributed by atoms with Gasteiger partial charge in [-0.25, -0.2) is 0 Å². The summed E-state index contributed by atoms with van der Waals surface area (Å²) in [6, 6.07) is 25.6. The van der Waals surface area contributed by atoms with E-state index in [1.54, 1.807) is 10.4 Å². The van der Waals surface area contributed by atoms with E-state index < -0.39 is 8.07 Å². The summed E-state index contributed by atoms with van der Waals surface area (Å²) in [6.07, 6.45) is 2.80. The van der Waals surface area contributed by atoms with Crippen molar-refractivity contribution in [1.82, 2.24) is 0 Å². The maximum absolute atomic E-state index is 2.46. The summed E-state index contributed by atoms with van der Waals surface area (Å²) in [5.74, 6) is 1.70. The Morgan fingerprint density at radius 3 is 1.43 bits per heavy atom. The zero-order valence-corrected chi connectivity index (χ0v) is 14.3. The van der Waals surface area contributed by atoms with E-state index >= 15 is 0 Å². The van der Waals surface area contributed by atoms with Crippen molar-refractivity contribution in [2.75, 3.05) is 0 Å². The van der Waals surface area contributed by atoms with Crippen molar-refractivity contribution in [3.8, 4) is 0 Å². The summed E-state index contributed by atoms with van der Waals surface area (Å²) >= 11 is 0. The van der Waals surface area contributed by atoms with Crippen LogP contribution in [0.1, 0.15) is 26.7 Å². The molecule has 0 aliphatic carbocycles. The Morgan fingerprint density at radius 2 is 1.05 bits per heavy atom. The van der Waals surface area contributed by atoms with Crippen molar-refractivity contribution < 1.29 is 0 Å². The Bertz CT molecular complexity index is 507. The normalized spacial score (nSPS) is 25.2. The van der Waals surface area contributed by atoms with Crippen LogP contribution >= 0.6 is 0 Å². The van der Waals surface area contributed by atoms with E-state index in [1.807, 2.05) is 0 Å². The van der Waals surface area contributed by atoms with Gasteiger partial charge in [-0.1, -0.05) is 97.7 Å². The van der Waals surface area contributed by atoms with Gasteiger partial charge in [-0.3, -0.25) is 0 Å². The second kappa shape index (κ2) is 6.19. The smallest absolute Gasteiger partial charge is 0.0628 e. The van der Waals surface area contributed by atoms with E-state index in [0.717, 1.165) is 11.8 Å². The van der Waals surface area contributed by atoms with Gasteiger partial charge in [0.25, 0.3) is 0 Å². The standard InChI is InChI=1S/C20H26Si/c1-17-13-14-18(2)16-21(15-17,19-9-5-3-6-10-19)20-11-7-4-8-12-20/h3-12,17-18H,13-16H2,1-2H3/t17-,18?/m1/s1. The first-order valence-corrected chi connectivity index (χ1v) is 10.7. The SMILES string of the molecule is CC1CC[C@@H](C)C[Si](c2ccccc2)(c2ccccc2)C1. The van der Waals surface area contributed by atoms with Gasteiger partial charge in [0.2, 0.25) is 0 Å². The van der Waals surface area contributed by atoms with Gasteiger partial charge in [0.05, 0.1) is 0 Å². The topological polar surface area (TPSA) is 0 Å². The zero-order chi connectivity index (χ0) is 14.7. The fourth-order valence-electron chi connectivity index (χ4n) is 4.20. The molecule has 2 atom stereocenters. The predicted octanol–water partition coefficient (Wildman–Crippen LogP) is 4.32. The van der Waals surface area contributed by atoms with Crippen molar-refractivity contribution in [3.05, 3.63) is 60.7 Å². The molecular formula is C20H26Si. The third-order valence-corrected chi connectivity index (χ3v) is 10.9. The molecule has 1 unspecified atom stereocenters. The molecule has 21 heavy (non-hydrogen) atoms. The maximum Gasteiger partial charge on any atom is 0.118 e. The first-order valence-electron chi connectivity index (χ1n) is 8.32. The van der Waals surface area contributed by atoms with Crippen molar-refractivity contribution in [2.45, 2.75) is 38.8 Å². The fraction of sp³-hybridized carbons (Fsp3) is 0.400. The van der Waals surface area contributed by atoms with Crippen LogP contribution in [0.4, 0.5) is 0 Å². The Morgan fingerprint density at radius 1 is 0.667 bits per heavy atom. The summed E-state index contributed by atoms with van der Waals surface area (Å²) < 4.78 is 0. The molecule has 1 heterocycles. The van der Waals surface area contributed by atoms with Crippen LogP contribution in [-0.4, -0.2) is 8.07 Å². The van der Waals surface area contributed by atoms with E-state index in [2.05, 4.69) is 74.5 Å². The third-order valence-electron chi connectivity index (χ3n) is 5.20. The minimum atomic E-state index is -1.61. The molecule has 3 rings (SSSR count). The Kier molecular flexibility index (Phi) is 4.30. The van der Waals surface area contributed by atoms with E-state index in [1.165, 1.54) is 24.9 Å². The van der Waals surface area contributed by atoms with Gasteiger partial charge < -0.3 is 0 Å². The average Bonchev–Trinajstić information content (AvgIpc) is 2.69. The van der Waals surface area contributed by atoms with E-state index in [9.17, 15) is 0 Å². The van der Waals surface area contributed by atoms with Gasteiger partial charge in [0, 0.05) is 0 Å². The Hall–Kier alpha value is -1.34. The minimum Gasteiger partial charge on any atom is -0.0628 e. The summed E-state index contributed by atoms with van der Waals surface area (Å²) in [6.45, 7) is 4.93. The molecule has 1 saturated heterocycles. The highest BCUT2D eigenvalue weighted by Gasteiger charge is 2.41. The molecule has 1 heteroatoms. The second-order valence-corrected chi connectivity index (χ2v) is 11.1. The van der Waals surface area contributed by atoms with Crippen molar-refractivity contribution in [2.24, 2.45) is 11.8 Å². The van der Waals surface area contributed by atoms with Gasteiger partial charge in [-0.2, -0.15) is 0 Å². The molecule has 2 aromatic rings. The van der Waals surface area contributed by atoms with Gasteiger partial charge in [0.15, 0.2) is 0 Å². The lowest BCUT2D eigenvalue weighted by Gasteiger charge is -2.35. The molecule has 0 saturated carbocycles. The van der Waals surface area contributed by atoms with Gasteiger partial charge in [-0.05, 0) is 23.9 Å². The second-order valence-electron chi connectivity index (χ2n) is 7.01. The highest BCUT2D eigenvalue weighted by Crippen LogP contribution is 2.34. The lowest BCUT2D eigenvalue weighted by atomic mass is 10.0. The molecule has 2 aromatic carbocycles. The van der Waals surface area contributed by atoms with Crippen LogP contribution in [0, 0.1) is 11.8 Å². The van der Waals surface area contributed by atoms with Crippen molar-refractivity contribution >= 4 is 18.4 Å². The average molecular weight is 295 g/mol. The molecule has 1 aliphatic rings. The molecule has 0 aromatic heterocycles.